The van der Waals surface area contributed by atoms with Gasteiger partial charge in [-0.3, -0.25) is 14.0 Å². The number of carboxylic acid groups (broad SMARTS) is 1. The van der Waals surface area contributed by atoms with Gasteiger partial charge in [0, 0.05) is 26.1 Å². The number of nitrogens with zero attached hydrogens (tertiary/aromatic N) is 2. The molecule has 4 rings (SSSR count). The number of anilines is 1. The quantitative estimate of drug-likeness (QED) is 0.838. The van der Waals surface area contributed by atoms with Crippen LogP contribution in [0.4, 0.5) is 10.1 Å². The van der Waals surface area contributed by atoms with E-state index in [1.807, 2.05) is 4.90 Å². The lowest BCUT2D eigenvalue weighted by atomic mass is 10.0. The molecule has 28 heavy (non-hydrogen) atoms. The summed E-state index contributed by atoms with van der Waals surface area (Å²) in [6.07, 6.45) is 3.66. The number of amides is 1. The van der Waals surface area contributed by atoms with Gasteiger partial charge in [0.1, 0.15) is 5.56 Å². The van der Waals surface area contributed by atoms with Gasteiger partial charge in [-0.1, -0.05) is 0 Å². The van der Waals surface area contributed by atoms with Crippen LogP contribution in [0, 0.1) is 12.7 Å². The summed E-state index contributed by atoms with van der Waals surface area (Å²) in [7, 11) is 0. The summed E-state index contributed by atoms with van der Waals surface area (Å²) < 4.78 is 16.2. The summed E-state index contributed by atoms with van der Waals surface area (Å²) in [5.74, 6) is -1.80. The van der Waals surface area contributed by atoms with Gasteiger partial charge >= 0.3 is 5.97 Å². The highest BCUT2D eigenvalue weighted by Crippen LogP contribution is 2.44. The second-order valence-corrected chi connectivity index (χ2v) is 7.70. The molecule has 0 bridgehead atoms. The third-order valence-electron chi connectivity index (χ3n) is 5.60. The summed E-state index contributed by atoms with van der Waals surface area (Å²) >= 11 is 0. The number of pyridine rings is 2. The van der Waals surface area contributed by atoms with Crippen molar-refractivity contribution in [1.82, 2.24) is 9.72 Å². The van der Waals surface area contributed by atoms with Gasteiger partial charge in [0.05, 0.1) is 17.4 Å². The van der Waals surface area contributed by atoms with Crippen LogP contribution in [-0.2, 0) is 4.79 Å². The fraction of sp³-hybridized carbons (Fsp3) is 0.450. The lowest BCUT2D eigenvalue weighted by Crippen LogP contribution is -2.36. The number of carbonyl (C=O) groups excluding carboxylic acids is 1. The first-order valence-corrected chi connectivity index (χ1v) is 9.41. The molecular weight excluding hydrogens is 365 g/mol. The van der Waals surface area contributed by atoms with E-state index in [0.717, 1.165) is 29.0 Å². The van der Waals surface area contributed by atoms with Crippen LogP contribution in [0.1, 0.15) is 53.6 Å². The molecule has 148 valence electrons. The Kier molecular flexibility index (Phi) is 4.36. The molecule has 1 saturated heterocycles. The van der Waals surface area contributed by atoms with E-state index in [0.29, 0.717) is 36.3 Å². The monoisotopic (exact) mass is 387 g/mol. The van der Waals surface area contributed by atoms with Crippen LogP contribution in [0.2, 0.25) is 0 Å². The zero-order valence-corrected chi connectivity index (χ0v) is 15.8. The van der Waals surface area contributed by atoms with E-state index in [9.17, 15) is 19.5 Å². The number of aryl methyl sites for hydroxylation is 1. The molecule has 0 radical (unpaired) electrons. The molecule has 0 aromatic carbocycles. The molecule has 7 nitrogen and oxygen atoms in total. The number of aromatic nitrogens is 1. The number of hydrogen-bond acceptors (Lipinski definition) is 4. The summed E-state index contributed by atoms with van der Waals surface area (Å²) in [5.41, 5.74) is 1.36. The minimum absolute atomic E-state index is 0.0491. The number of aromatic carboxylic acids is 1. The zero-order chi connectivity index (χ0) is 20.2. The number of halogens is 1. The zero-order valence-electron chi connectivity index (χ0n) is 15.8. The molecular formula is C20H22FN3O4. The molecule has 0 unspecified atom stereocenters. The highest BCUT2D eigenvalue weighted by molar-refractivity contribution is 5.89. The van der Waals surface area contributed by atoms with Crippen molar-refractivity contribution in [3.05, 3.63) is 45.1 Å². The maximum atomic E-state index is 15.0. The van der Waals surface area contributed by atoms with Crippen molar-refractivity contribution in [3.8, 4) is 0 Å². The Morgan fingerprint density at radius 3 is 2.61 bits per heavy atom. The lowest BCUT2D eigenvalue weighted by Gasteiger charge is -2.24. The van der Waals surface area contributed by atoms with Crippen molar-refractivity contribution in [2.75, 3.05) is 18.0 Å². The van der Waals surface area contributed by atoms with E-state index in [1.165, 1.54) is 13.0 Å². The van der Waals surface area contributed by atoms with Crippen molar-refractivity contribution in [2.45, 2.75) is 45.1 Å². The van der Waals surface area contributed by atoms with Gasteiger partial charge in [0.25, 0.3) is 5.56 Å². The third-order valence-corrected chi connectivity index (χ3v) is 5.60. The molecule has 1 aliphatic heterocycles. The molecule has 1 aliphatic carbocycles. The first-order valence-electron chi connectivity index (χ1n) is 9.41. The Hall–Kier alpha value is -2.90. The highest BCUT2D eigenvalue weighted by atomic mass is 19.1. The van der Waals surface area contributed by atoms with Gasteiger partial charge in [-0.25, -0.2) is 9.18 Å². The molecule has 3 heterocycles. The van der Waals surface area contributed by atoms with Gasteiger partial charge in [0.2, 0.25) is 5.91 Å². The maximum absolute atomic E-state index is 15.0. The fourth-order valence-corrected chi connectivity index (χ4v) is 4.26. The average Bonchev–Trinajstić information content (AvgIpc) is 3.36. The number of hydrogen-bond donors (Lipinski definition) is 2. The van der Waals surface area contributed by atoms with Crippen molar-refractivity contribution < 1.29 is 19.1 Å². The predicted molar refractivity (Wildman–Crippen MR) is 102 cm³/mol. The molecule has 1 saturated carbocycles. The largest absolute Gasteiger partial charge is 0.477 e. The molecule has 2 aromatic heterocycles. The van der Waals surface area contributed by atoms with Crippen LogP contribution in [0.3, 0.4) is 0 Å². The number of carbonyl (C=O) groups is 2. The second kappa shape index (κ2) is 6.61. The molecule has 1 atom stereocenters. The van der Waals surface area contributed by atoms with Crippen LogP contribution >= 0.6 is 0 Å². The van der Waals surface area contributed by atoms with E-state index in [-0.39, 0.29) is 23.4 Å². The van der Waals surface area contributed by atoms with Gasteiger partial charge in [-0.15, -0.1) is 0 Å². The Morgan fingerprint density at radius 1 is 1.29 bits per heavy atom. The van der Waals surface area contributed by atoms with Gasteiger partial charge in [0.15, 0.2) is 5.82 Å². The molecule has 2 aromatic rings. The van der Waals surface area contributed by atoms with E-state index in [4.69, 9.17) is 0 Å². The van der Waals surface area contributed by atoms with Crippen LogP contribution in [-0.4, -0.2) is 40.5 Å². The Labute approximate surface area is 160 Å². The van der Waals surface area contributed by atoms with E-state index in [2.05, 4.69) is 5.32 Å². The first-order chi connectivity index (χ1) is 13.3. The number of fused-ring (bicyclic) bond motifs is 1. The van der Waals surface area contributed by atoms with E-state index >= 15 is 4.39 Å². The predicted octanol–water partition coefficient (Wildman–Crippen LogP) is 2.04. The molecule has 1 amide bonds. The smallest absolute Gasteiger partial charge is 0.341 e. The van der Waals surface area contributed by atoms with E-state index < -0.39 is 17.3 Å². The fourth-order valence-electron chi connectivity index (χ4n) is 4.26. The van der Waals surface area contributed by atoms with Crippen LogP contribution in [0.15, 0.2) is 17.1 Å². The Bertz CT molecular complexity index is 1060. The lowest BCUT2D eigenvalue weighted by molar-refractivity contribution is -0.119. The molecule has 8 heteroatoms. The molecule has 2 aliphatic rings. The van der Waals surface area contributed by atoms with Crippen molar-refractivity contribution in [2.24, 2.45) is 0 Å². The van der Waals surface area contributed by atoms with Gasteiger partial charge in [-0.2, -0.15) is 0 Å². The van der Waals surface area contributed by atoms with Crippen LogP contribution < -0.4 is 15.8 Å². The average molecular weight is 387 g/mol. The van der Waals surface area contributed by atoms with Crippen molar-refractivity contribution in [1.29, 1.82) is 0 Å². The van der Waals surface area contributed by atoms with Crippen LogP contribution in [0.25, 0.3) is 5.52 Å². The minimum atomic E-state index is -1.30. The minimum Gasteiger partial charge on any atom is -0.477 e. The molecule has 0 spiro atoms. The second-order valence-electron chi connectivity index (χ2n) is 7.70. The van der Waals surface area contributed by atoms with Crippen LogP contribution in [0.5, 0.6) is 0 Å². The van der Waals surface area contributed by atoms with Crippen molar-refractivity contribution in [3.63, 3.8) is 0 Å². The van der Waals surface area contributed by atoms with E-state index in [1.54, 1.807) is 6.92 Å². The first kappa shape index (κ1) is 18.5. The summed E-state index contributed by atoms with van der Waals surface area (Å²) in [5, 5.41) is 12.2. The normalized spacial score (nSPS) is 19.2. The topological polar surface area (TPSA) is 91.1 Å². The van der Waals surface area contributed by atoms with Crippen molar-refractivity contribution >= 4 is 23.1 Å². The summed E-state index contributed by atoms with van der Waals surface area (Å²) in [6.45, 7) is 4.31. The third kappa shape index (κ3) is 3.02. The number of carboxylic acids is 1. The summed E-state index contributed by atoms with van der Waals surface area (Å²) in [4.78, 5) is 37.3. The molecule has 2 fully saturated rings. The molecule has 2 N–H and O–H groups in total. The standard InChI is InChI=1S/C20H22FN3O4/c1-10-17-14(12-3-4-12)7-15(20(27)28)19(26)24(17)9-16(21)18(10)23-6-5-13(8-23)22-11(2)25/h7,9,12-13H,3-6,8H2,1-2H3,(H,22,25)(H,27,28)/t13-/m0/s1. The number of nitrogens with one attached hydrogen (secondary N) is 1. The maximum Gasteiger partial charge on any atom is 0.341 e. The highest BCUT2D eigenvalue weighted by Gasteiger charge is 2.32. The van der Waals surface area contributed by atoms with Gasteiger partial charge < -0.3 is 15.3 Å². The summed E-state index contributed by atoms with van der Waals surface area (Å²) in [6, 6.07) is 1.41. The SMILES string of the molecule is CC(=O)N[C@H]1CCN(c2c(F)cn3c(=O)c(C(=O)O)cc(C4CC4)c3c2C)C1. The number of rotatable bonds is 4. The van der Waals surface area contributed by atoms with Gasteiger partial charge in [-0.05, 0) is 49.3 Å². The Morgan fingerprint density at radius 2 is 2.00 bits per heavy atom. The Balaban J connectivity index is 1.87.